The van der Waals surface area contributed by atoms with Crippen LogP contribution < -0.4 is 0 Å². The molecule has 0 saturated carbocycles. The van der Waals surface area contributed by atoms with Crippen LogP contribution >= 0.6 is 0 Å². The first-order valence-corrected chi connectivity index (χ1v) is 5.68. The van der Waals surface area contributed by atoms with E-state index in [-0.39, 0.29) is 11.8 Å². The molecule has 0 spiro atoms. The SMILES string of the molecule is CCc1ccc(C)c(C(C)(C)CC(=O)O)c1. The van der Waals surface area contributed by atoms with Gasteiger partial charge in [0, 0.05) is 5.41 Å². The van der Waals surface area contributed by atoms with E-state index in [1.807, 2.05) is 20.8 Å². The first kappa shape index (κ1) is 12.8. The van der Waals surface area contributed by atoms with Crippen molar-refractivity contribution in [2.45, 2.75) is 46.0 Å². The molecule has 0 heterocycles. The molecule has 0 aliphatic rings. The quantitative estimate of drug-likeness (QED) is 0.845. The summed E-state index contributed by atoms with van der Waals surface area (Å²) >= 11 is 0. The Balaban J connectivity index is 3.14. The fraction of sp³-hybridized carbons (Fsp3) is 0.500. The lowest BCUT2D eigenvalue weighted by Crippen LogP contribution is -2.23. The number of benzene rings is 1. The minimum Gasteiger partial charge on any atom is -0.481 e. The smallest absolute Gasteiger partial charge is 0.304 e. The third kappa shape index (κ3) is 2.84. The number of aryl methyl sites for hydroxylation is 2. The monoisotopic (exact) mass is 220 g/mol. The highest BCUT2D eigenvalue weighted by molar-refractivity contribution is 5.69. The van der Waals surface area contributed by atoms with Gasteiger partial charge in [-0.1, -0.05) is 39.0 Å². The summed E-state index contributed by atoms with van der Waals surface area (Å²) in [6.07, 6.45) is 1.15. The normalized spacial score (nSPS) is 11.5. The van der Waals surface area contributed by atoms with Gasteiger partial charge in [-0.3, -0.25) is 4.79 Å². The Morgan fingerprint density at radius 3 is 2.50 bits per heavy atom. The van der Waals surface area contributed by atoms with Crippen LogP contribution in [-0.4, -0.2) is 11.1 Å². The fourth-order valence-corrected chi connectivity index (χ4v) is 2.09. The molecule has 0 atom stereocenters. The zero-order valence-electron chi connectivity index (χ0n) is 10.5. The standard InChI is InChI=1S/C14H20O2/c1-5-11-7-6-10(2)12(8-11)14(3,4)9-13(15)16/h6-8H,5,9H2,1-4H3,(H,15,16). The molecule has 1 aromatic rings. The van der Waals surface area contributed by atoms with E-state index in [2.05, 4.69) is 25.1 Å². The first-order chi connectivity index (χ1) is 7.36. The van der Waals surface area contributed by atoms with Crippen molar-refractivity contribution in [3.8, 4) is 0 Å². The summed E-state index contributed by atoms with van der Waals surface area (Å²) in [6, 6.07) is 6.33. The summed E-state index contributed by atoms with van der Waals surface area (Å²) in [5.41, 5.74) is 3.28. The molecule has 0 aliphatic carbocycles. The van der Waals surface area contributed by atoms with Crippen molar-refractivity contribution in [1.29, 1.82) is 0 Å². The Labute approximate surface area is 97.3 Å². The zero-order valence-corrected chi connectivity index (χ0v) is 10.5. The second-order valence-corrected chi connectivity index (χ2v) is 4.96. The number of hydrogen-bond acceptors (Lipinski definition) is 1. The van der Waals surface area contributed by atoms with E-state index < -0.39 is 5.97 Å². The summed E-state index contributed by atoms with van der Waals surface area (Å²) in [5.74, 6) is -0.744. The van der Waals surface area contributed by atoms with E-state index in [1.165, 1.54) is 11.1 Å². The number of carbonyl (C=O) groups is 1. The Hall–Kier alpha value is -1.31. The van der Waals surface area contributed by atoms with Crippen molar-refractivity contribution in [3.63, 3.8) is 0 Å². The van der Waals surface area contributed by atoms with Crippen molar-refractivity contribution in [2.24, 2.45) is 0 Å². The van der Waals surface area contributed by atoms with Gasteiger partial charge in [0.15, 0.2) is 0 Å². The summed E-state index contributed by atoms with van der Waals surface area (Å²) in [6.45, 7) is 8.13. The molecule has 16 heavy (non-hydrogen) atoms. The van der Waals surface area contributed by atoms with Crippen molar-refractivity contribution in [2.75, 3.05) is 0 Å². The second kappa shape index (κ2) is 4.69. The second-order valence-electron chi connectivity index (χ2n) is 4.96. The highest BCUT2D eigenvalue weighted by Gasteiger charge is 2.25. The van der Waals surface area contributed by atoms with Crippen LogP contribution in [0.5, 0.6) is 0 Å². The zero-order chi connectivity index (χ0) is 12.3. The number of carboxylic acids is 1. The molecule has 0 amide bonds. The molecular weight excluding hydrogens is 200 g/mol. The molecule has 2 nitrogen and oxygen atoms in total. The molecule has 88 valence electrons. The van der Waals surface area contributed by atoms with Gasteiger partial charge in [0.2, 0.25) is 0 Å². The van der Waals surface area contributed by atoms with Crippen LogP contribution in [0, 0.1) is 6.92 Å². The molecule has 0 bridgehead atoms. The topological polar surface area (TPSA) is 37.3 Å². The lowest BCUT2D eigenvalue weighted by atomic mass is 9.78. The predicted molar refractivity (Wildman–Crippen MR) is 65.8 cm³/mol. The summed E-state index contributed by atoms with van der Waals surface area (Å²) < 4.78 is 0. The van der Waals surface area contributed by atoms with Crippen LogP contribution in [0.3, 0.4) is 0 Å². The van der Waals surface area contributed by atoms with E-state index in [0.717, 1.165) is 12.0 Å². The van der Waals surface area contributed by atoms with Crippen molar-refractivity contribution < 1.29 is 9.90 Å². The third-order valence-corrected chi connectivity index (χ3v) is 3.03. The van der Waals surface area contributed by atoms with Crippen LogP contribution in [0.4, 0.5) is 0 Å². The van der Waals surface area contributed by atoms with Crippen LogP contribution in [0.2, 0.25) is 0 Å². The van der Waals surface area contributed by atoms with Gasteiger partial charge < -0.3 is 5.11 Å². The Morgan fingerprint density at radius 2 is 2.00 bits per heavy atom. The van der Waals surface area contributed by atoms with E-state index in [1.54, 1.807) is 0 Å². The molecule has 0 saturated heterocycles. The molecule has 0 fully saturated rings. The first-order valence-electron chi connectivity index (χ1n) is 5.68. The van der Waals surface area contributed by atoms with E-state index in [4.69, 9.17) is 5.11 Å². The number of hydrogen-bond donors (Lipinski definition) is 1. The summed E-state index contributed by atoms with van der Waals surface area (Å²) in [4.78, 5) is 10.9. The lowest BCUT2D eigenvalue weighted by Gasteiger charge is -2.25. The van der Waals surface area contributed by atoms with Gasteiger partial charge in [0.05, 0.1) is 6.42 Å². The van der Waals surface area contributed by atoms with Gasteiger partial charge in [-0.15, -0.1) is 0 Å². The Bertz CT molecular complexity index is 392. The fourth-order valence-electron chi connectivity index (χ4n) is 2.09. The Kier molecular flexibility index (Phi) is 3.74. The van der Waals surface area contributed by atoms with Gasteiger partial charge >= 0.3 is 5.97 Å². The van der Waals surface area contributed by atoms with Crippen LogP contribution in [-0.2, 0) is 16.6 Å². The Morgan fingerprint density at radius 1 is 1.38 bits per heavy atom. The largest absolute Gasteiger partial charge is 0.481 e. The number of carboxylic acid groups (broad SMARTS) is 1. The third-order valence-electron chi connectivity index (χ3n) is 3.03. The predicted octanol–water partition coefficient (Wildman–Crippen LogP) is 3.31. The van der Waals surface area contributed by atoms with Gasteiger partial charge in [0.25, 0.3) is 0 Å². The van der Waals surface area contributed by atoms with Crippen LogP contribution in [0.15, 0.2) is 18.2 Å². The molecule has 2 heteroatoms. The molecule has 0 unspecified atom stereocenters. The average Bonchev–Trinajstić information content (AvgIpc) is 2.16. The molecule has 1 aromatic carbocycles. The minimum atomic E-state index is -0.744. The molecule has 0 aliphatic heterocycles. The summed E-state index contributed by atoms with van der Waals surface area (Å²) in [7, 11) is 0. The lowest BCUT2D eigenvalue weighted by molar-refractivity contribution is -0.138. The summed E-state index contributed by atoms with van der Waals surface area (Å²) in [5, 5.41) is 8.93. The van der Waals surface area contributed by atoms with E-state index in [9.17, 15) is 4.79 Å². The molecule has 1 rings (SSSR count). The van der Waals surface area contributed by atoms with Crippen molar-refractivity contribution in [1.82, 2.24) is 0 Å². The molecule has 0 radical (unpaired) electrons. The maximum atomic E-state index is 10.9. The van der Waals surface area contributed by atoms with E-state index >= 15 is 0 Å². The average molecular weight is 220 g/mol. The minimum absolute atomic E-state index is 0.168. The van der Waals surface area contributed by atoms with Gasteiger partial charge in [-0.2, -0.15) is 0 Å². The molecular formula is C14H20O2. The van der Waals surface area contributed by atoms with E-state index in [0.29, 0.717) is 0 Å². The van der Waals surface area contributed by atoms with Gasteiger partial charge in [0.1, 0.15) is 0 Å². The maximum absolute atomic E-state index is 10.9. The highest BCUT2D eigenvalue weighted by atomic mass is 16.4. The van der Waals surface area contributed by atoms with Crippen molar-refractivity contribution in [3.05, 3.63) is 34.9 Å². The van der Waals surface area contributed by atoms with Gasteiger partial charge in [-0.05, 0) is 30.0 Å². The molecule has 1 N–H and O–H groups in total. The van der Waals surface area contributed by atoms with Crippen LogP contribution in [0.25, 0.3) is 0 Å². The van der Waals surface area contributed by atoms with Crippen molar-refractivity contribution >= 4 is 5.97 Å². The maximum Gasteiger partial charge on any atom is 0.304 e. The number of aliphatic carboxylic acids is 1. The highest BCUT2D eigenvalue weighted by Crippen LogP contribution is 2.30. The van der Waals surface area contributed by atoms with Gasteiger partial charge in [-0.25, -0.2) is 0 Å². The van der Waals surface area contributed by atoms with Crippen LogP contribution in [0.1, 0.15) is 43.9 Å². The molecule has 0 aromatic heterocycles. The number of rotatable bonds is 4.